The smallest absolute Gasteiger partial charge is 0.123 e. The largest absolute Gasteiger partial charge is 0.357 e. The molecule has 0 radical (unpaired) electrons. The fraction of sp³-hybridized carbons (Fsp3) is 0.250. The lowest BCUT2D eigenvalue weighted by Gasteiger charge is -2.16. The van der Waals surface area contributed by atoms with Gasteiger partial charge in [-0.2, -0.15) is 11.3 Å². The van der Waals surface area contributed by atoms with Crippen molar-refractivity contribution in [2.45, 2.75) is 32.9 Å². The number of hydrogen-bond acceptors (Lipinski definition) is 4. The second-order valence-electron chi connectivity index (χ2n) is 6.51. The third-order valence-corrected chi connectivity index (χ3v) is 6.41. The van der Waals surface area contributed by atoms with Crippen LogP contribution in [-0.4, -0.2) is 9.97 Å². The molecule has 26 heavy (non-hydrogen) atoms. The first kappa shape index (κ1) is 17.4. The molecular formula is C20H20FN3S2. The summed E-state index contributed by atoms with van der Waals surface area (Å²) in [5.41, 5.74) is 5.53. The number of benzene rings is 1. The average Bonchev–Trinajstić information content (AvgIpc) is 3.34. The Morgan fingerprint density at radius 2 is 2.12 bits per heavy atom. The SMILES string of the molecule is Cc1csc([C@H](Cc2ccsc2)NCc2[nH]c3ccc(F)cc3c2C)n1. The van der Waals surface area contributed by atoms with Gasteiger partial charge in [0.15, 0.2) is 0 Å². The molecule has 0 saturated carbocycles. The molecule has 3 aromatic heterocycles. The van der Waals surface area contributed by atoms with E-state index < -0.39 is 0 Å². The number of halogens is 1. The van der Waals surface area contributed by atoms with Crippen LogP contribution in [0.25, 0.3) is 10.9 Å². The highest BCUT2D eigenvalue weighted by Crippen LogP contribution is 2.26. The number of thiophene rings is 1. The van der Waals surface area contributed by atoms with E-state index >= 15 is 0 Å². The molecule has 0 aliphatic rings. The molecule has 0 bridgehead atoms. The molecule has 0 amide bonds. The number of nitrogens with zero attached hydrogens (tertiary/aromatic N) is 1. The minimum absolute atomic E-state index is 0.158. The number of aromatic amines is 1. The van der Waals surface area contributed by atoms with Gasteiger partial charge in [-0.15, -0.1) is 11.3 Å². The molecular weight excluding hydrogens is 365 g/mol. The van der Waals surface area contributed by atoms with E-state index in [-0.39, 0.29) is 11.9 Å². The molecule has 0 saturated heterocycles. The molecule has 1 atom stereocenters. The fourth-order valence-corrected chi connectivity index (χ4v) is 4.73. The van der Waals surface area contributed by atoms with Crippen LogP contribution >= 0.6 is 22.7 Å². The maximum absolute atomic E-state index is 13.5. The topological polar surface area (TPSA) is 40.7 Å². The molecule has 3 nitrogen and oxygen atoms in total. The van der Waals surface area contributed by atoms with E-state index in [9.17, 15) is 4.39 Å². The number of rotatable bonds is 6. The van der Waals surface area contributed by atoms with E-state index in [0.29, 0.717) is 6.54 Å². The number of hydrogen-bond donors (Lipinski definition) is 2. The monoisotopic (exact) mass is 385 g/mol. The van der Waals surface area contributed by atoms with E-state index in [1.165, 1.54) is 11.6 Å². The molecule has 1 aromatic carbocycles. The standard InChI is InChI=1S/C20H20FN3S2/c1-12-10-26-20(23-12)18(7-14-5-6-25-11-14)22-9-19-13(2)16-8-15(21)3-4-17(16)24-19/h3-6,8,10-11,18,22,24H,7,9H2,1-2H3/t18-/m0/s1. The zero-order valence-corrected chi connectivity index (χ0v) is 16.3. The van der Waals surface area contributed by atoms with Gasteiger partial charge in [-0.3, -0.25) is 0 Å². The van der Waals surface area contributed by atoms with Gasteiger partial charge in [0.25, 0.3) is 0 Å². The third-order valence-electron chi connectivity index (χ3n) is 4.60. The molecule has 0 unspecified atom stereocenters. The first-order valence-corrected chi connectivity index (χ1v) is 10.4. The summed E-state index contributed by atoms with van der Waals surface area (Å²) in [6.45, 7) is 4.75. The van der Waals surface area contributed by atoms with Gasteiger partial charge in [0.2, 0.25) is 0 Å². The molecule has 0 spiro atoms. The molecule has 0 aliphatic heterocycles. The van der Waals surface area contributed by atoms with Gasteiger partial charge in [0.05, 0.1) is 6.04 Å². The lowest BCUT2D eigenvalue weighted by molar-refractivity contribution is 0.523. The summed E-state index contributed by atoms with van der Waals surface area (Å²) in [5, 5.41) is 12.1. The van der Waals surface area contributed by atoms with Gasteiger partial charge in [-0.05, 0) is 66.4 Å². The van der Waals surface area contributed by atoms with Crippen molar-refractivity contribution >= 4 is 33.6 Å². The van der Waals surface area contributed by atoms with Gasteiger partial charge < -0.3 is 10.3 Å². The number of nitrogens with one attached hydrogen (secondary N) is 2. The minimum Gasteiger partial charge on any atom is -0.357 e. The number of thiazole rings is 1. The molecule has 0 aliphatic carbocycles. The van der Waals surface area contributed by atoms with Crippen molar-refractivity contribution in [1.82, 2.24) is 15.3 Å². The predicted octanol–water partition coefficient (Wildman–Crippen LogP) is 5.52. The first-order valence-electron chi connectivity index (χ1n) is 8.53. The number of H-pyrrole nitrogens is 1. The van der Waals surface area contributed by atoms with Gasteiger partial charge in [-0.1, -0.05) is 0 Å². The number of fused-ring (bicyclic) bond motifs is 1. The maximum atomic E-state index is 13.5. The fourth-order valence-electron chi connectivity index (χ4n) is 3.18. The zero-order chi connectivity index (χ0) is 18.1. The van der Waals surface area contributed by atoms with Gasteiger partial charge in [0.1, 0.15) is 10.8 Å². The summed E-state index contributed by atoms with van der Waals surface area (Å²) in [6, 6.07) is 7.21. The first-order chi connectivity index (χ1) is 12.6. The highest BCUT2D eigenvalue weighted by molar-refractivity contribution is 7.09. The molecule has 0 fully saturated rings. The highest BCUT2D eigenvalue weighted by Gasteiger charge is 2.17. The highest BCUT2D eigenvalue weighted by atomic mass is 32.1. The van der Waals surface area contributed by atoms with Crippen molar-refractivity contribution in [1.29, 1.82) is 0 Å². The summed E-state index contributed by atoms with van der Waals surface area (Å²) in [4.78, 5) is 8.10. The lowest BCUT2D eigenvalue weighted by Crippen LogP contribution is -2.23. The average molecular weight is 386 g/mol. The molecule has 134 valence electrons. The summed E-state index contributed by atoms with van der Waals surface area (Å²) < 4.78 is 13.5. The number of aryl methyl sites for hydroxylation is 2. The Morgan fingerprint density at radius 1 is 1.23 bits per heavy atom. The van der Waals surface area contributed by atoms with Crippen molar-refractivity contribution in [2.24, 2.45) is 0 Å². The van der Waals surface area contributed by atoms with E-state index in [4.69, 9.17) is 0 Å². The Kier molecular flexibility index (Phi) is 4.89. The maximum Gasteiger partial charge on any atom is 0.123 e. The Labute approximate surface area is 159 Å². The summed E-state index contributed by atoms with van der Waals surface area (Å²) >= 11 is 3.41. The Balaban J connectivity index is 1.57. The van der Waals surface area contributed by atoms with Crippen LogP contribution in [0.5, 0.6) is 0 Å². The Morgan fingerprint density at radius 3 is 2.85 bits per heavy atom. The van der Waals surface area contributed by atoms with Crippen LogP contribution < -0.4 is 5.32 Å². The summed E-state index contributed by atoms with van der Waals surface area (Å²) in [6.07, 6.45) is 0.907. The van der Waals surface area contributed by atoms with Crippen LogP contribution in [0.1, 0.15) is 33.6 Å². The minimum atomic E-state index is -0.201. The van der Waals surface area contributed by atoms with Crippen molar-refractivity contribution < 1.29 is 4.39 Å². The predicted molar refractivity (Wildman–Crippen MR) is 107 cm³/mol. The quantitative estimate of drug-likeness (QED) is 0.459. The van der Waals surface area contributed by atoms with Gasteiger partial charge >= 0.3 is 0 Å². The van der Waals surface area contributed by atoms with E-state index in [1.807, 2.05) is 13.8 Å². The van der Waals surface area contributed by atoms with Crippen molar-refractivity contribution in [3.05, 3.63) is 73.7 Å². The zero-order valence-electron chi connectivity index (χ0n) is 14.7. The molecule has 2 N–H and O–H groups in total. The van der Waals surface area contributed by atoms with Gasteiger partial charge in [-0.25, -0.2) is 9.37 Å². The summed E-state index contributed by atoms with van der Waals surface area (Å²) in [5.74, 6) is -0.201. The van der Waals surface area contributed by atoms with E-state index in [0.717, 1.165) is 39.3 Å². The normalized spacial score (nSPS) is 12.7. The van der Waals surface area contributed by atoms with Crippen LogP contribution in [0.3, 0.4) is 0 Å². The molecule has 4 rings (SSSR count). The van der Waals surface area contributed by atoms with E-state index in [1.54, 1.807) is 34.8 Å². The van der Waals surface area contributed by atoms with Crippen molar-refractivity contribution in [3.8, 4) is 0 Å². The van der Waals surface area contributed by atoms with Gasteiger partial charge in [0, 0.05) is 34.2 Å². The lowest BCUT2D eigenvalue weighted by atomic mass is 10.1. The second-order valence-corrected chi connectivity index (χ2v) is 8.18. The third kappa shape index (κ3) is 3.58. The molecule has 3 heterocycles. The van der Waals surface area contributed by atoms with Crippen molar-refractivity contribution in [3.63, 3.8) is 0 Å². The second kappa shape index (κ2) is 7.31. The van der Waals surface area contributed by atoms with E-state index in [2.05, 4.69) is 37.5 Å². The Bertz CT molecular complexity index is 1020. The van der Waals surface area contributed by atoms with Crippen LogP contribution in [0.2, 0.25) is 0 Å². The van der Waals surface area contributed by atoms with Crippen LogP contribution in [0.15, 0.2) is 40.4 Å². The molecule has 4 aromatic rings. The van der Waals surface area contributed by atoms with Crippen LogP contribution in [-0.2, 0) is 13.0 Å². The number of aromatic nitrogens is 2. The van der Waals surface area contributed by atoms with Crippen LogP contribution in [0, 0.1) is 19.7 Å². The van der Waals surface area contributed by atoms with Crippen molar-refractivity contribution in [2.75, 3.05) is 0 Å². The summed E-state index contributed by atoms with van der Waals surface area (Å²) in [7, 11) is 0. The molecule has 6 heteroatoms. The van der Waals surface area contributed by atoms with Crippen LogP contribution in [0.4, 0.5) is 4.39 Å². The Hall–Kier alpha value is -2.02.